The maximum atomic E-state index is 10.6. The SMILES string of the molecule is N#Cc1cc(-c2nc(-c3ccccc3)nc(-c3ccccc3)n2)cc(N2c3ccccc3C3(c4ccccc4-c4cc(-c5ccc6oc7ccccc7c6c5)ccc43)c3ccccc32)c1. The molecule has 0 atom stereocenters. The molecule has 1 spiro atoms. The molecular weight excluding hydrogens is 795 g/mol. The van der Waals surface area contributed by atoms with Crippen LogP contribution >= 0.6 is 0 Å². The van der Waals surface area contributed by atoms with Crippen LogP contribution in [0.4, 0.5) is 17.1 Å². The van der Waals surface area contributed by atoms with Crippen LogP contribution in [0.3, 0.4) is 0 Å². The van der Waals surface area contributed by atoms with E-state index in [1.807, 2.05) is 84.9 Å². The molecule has 0 radical (unpaired) electrons. The van der Waals surface area contributed by atoms with Crippen molar-refractivity contribution in [2.24, 2.45) is 0 Å². The lowest BCUT2D eigenvalue weighted by Gasteiger charge is -2.45. The average molecular weight is 830 g/mol. The summed E-state index contributed by atoms with van der Waals surface area (Å²) in [7, 11) is 0. The van der Waals surface area contributed by atoms with Crippen molar-refractivity contribution in [1.82, 2.24) is 15.0 Å². The first kappa shape index (κ1) is 36.7. The summed E-state index contributed by atoms with van der Waals surface area (Å²) in [5.74, 6) is 1.61. The van der Waals surface area contributed by atoms with Gasteiger partial charge in [0.25, 0.3) is 0 Å². The van der Waals surface area contributed by atoms with Gasteiger partial charge >= 0.3 is 0 Å². The molecule has 302 valence electrons. The van der Waals surface area contributed by atoms with Gasteiger partial charge in [0.05, 0.1) is 28.4 Å². The lowest BCUT2D eigenvalue weighted by atomic mass is 9.64. The van der Waals surface area contributed by atoms with Crippen molar-refractivity contribution in [3.8, 4) is 62.5 Å². The number of hydrogen-bond acceptors (Lipinski definition) is 6. The summed E-state index contributed by atoms with van der Waals surface area (Å²) in [6, 6.07) is 76.4. The molecule has 2 aliphatic rings. The molecule has 6 nitrogen and oxygen atoms in total. The Balaban J connectivity index is 0.999. The number of nitrogens with zero attached hydrogens (tertiary/aromatic N) is 5. The summed E-state index contributed by atoms with van der Waals surface area (Å²) in [5, 5.41) is 12.9. The van der Waals surface area contributed by atoms with Crippen LogP contribution in [0.2, 0.25) is 0 Å². The first-order valence-electron chi connectivity index (χ1n) is 21.7. The van der Waals surface area contributed by atoms with Crippen molar-refractivity contribution in [2.75, 3.05) is 4.90 Å². The summed E-state index contributed by atoms with van der Waals surface area (Å²) < 4.78 is 6.20. The number of anilines is 3. The van der Waals surface area contributed by atoms with Crippen molar-refractivity contribution in [3.05, 3.63) is 240 Å². The third kappa shape index (κ3) is 5.56. The topological polar surface area (TPSA) is 78.8 Å². The van der Waals surface area contributed by atoms with Gasteiger partial charge in [-0.1, -0.05) is 158 Å². The van der Waals surface area contributed by atoms with Crippen LogP contribution in [0, 0.1) is 11.3 Å². The van der Waals surface area contributed by atoms with Gasteiger partial charge in [-0.15, -0.1) is 0 Å². The molecule has 9 aromatic carbocycles. The Morgan fingerprint density at radius 2 is 0.938 bits per heavy atom. The molecule has 0 fully saturated rings. The second kappa shape index (κ2) is 14.3. The van der Waals surface area contributed by atoms with E-state index in [1.165, 1.54) is 22.3 Å². The summed E-state index contributed by atoms with van der Waals surface area (Å²) in [6.45, 7) is 0. The number of hydrogen-bond donors (Lipinski definition) is 0. The van der Waals surface area contributed by atoms with Gasteiger partial charge in [0.15, 0.2) is 17.5 Å². The second-order valence-corrected chi connectivity index (χ2v) is 16.7. The van der Waals surface area contributed by atoms with Crippen LogP contribution in [0.15, 0.2) is 217 Å². The van der Waals surface area contributed by atoms with Crippen LogP contribution in [0.5, 0.6) is 0 Å². The second-order valence-electron chi connectivity index (χ2n) is 16.7. The van der Waals surface area contributed by atoms with Crippen molar-refractivity contribution in [2.45, 2.75) is 5.41 Å². The van der Waals surface area contributed by atoms with Crippen molar-refractivity contribution >= 4 is 39.0 Å². The molecule has 0 bridgehead atoms. The molecule has 0 N–H and O–H groups in total. The zero-order chi connectivity index (χ0) is 43.1. The number of benzene rings is 9. The lowest BCUT2D eigenvalue weighted by molar-refractivity contribution is 0.669. The Morgan fingerprint density at radius 1 is 0.400 bits per heavy atom. The fourth-order valence-electron chi connectivity index (χ4n) is 10.3. The highest BCUT2D eigenvalue weighted by atomic mass is 16.3. The number of aromatic nitrogens is 3. The summed E-state index contributed by atoms with van der Waals surface area (Å²) >= 11 is 0. The monoisotopic (exact) mass is 829 g/mol. The quantitative estimate of drug-likeness (QED) is 0.172. The molecule has 0 saturated heterocycles. The number of furan rings is 1. The van der Waals surface area contributed by atoms with Gasteiger partial charge < -0.3 is 9.32 Å². The summed E-state index contributed by atoms with van der Waals surface area (Å²) in [6.07, 6.45) is 0. The van der Waals surface area contributed by atoms with Gasteiger partial charge in [0.1, 0.15) is 11.2 Å². The third-order valence-electron chi connectivity index (χ3n) is 13.1. The van der Waals surface area contributed by atoms with E-state index in [0.29, 0.717) is 23.0 Å². The van der Waals surface area contributed by atoms with E-state index in [9.17, 15) is 5.26 Å². The van der Waals surface area contributed by atoms with Crippen LogP contribution in [-0.4, -0.2) is 15.0 Å². The molecule has 1 aliphatic heterocycles. The average Bonchev–Trinajstić information content (AvgIpc) is 3.90. The van der Waals surface area contributed by atoms with E-state index in [-0.39, 0.29) is 0 Å². The fraction of sp³-hybridized carbons (Fsp3) is 0.0169. The highest BCUT2D eigenvalue weighted by Gasteiger charge is 2.51. The zero-order valence-electron chi connectivity index (χ0n) is 34.9. The fourth-order valence-corrected chi connectivity index (χ4v) is 10.3. The van der Waals surface area contributed by atoms with Crippen LogP contribution in [-0.2, 0) is 5.41 Å². The Kier molecular flexibility index (Phi) is 8.08. The van der Waals surface area contributed by atoms with Crippen LogP contribution < -0.4 is 4.90 Å². The van der Waals surface area contributed by atoms with Gasteiger partial charge in [0, 0.05) is 33.2 Å². The van der Waals surface area contributed by atoms with Gasteiger partial charge in [-0.25, -0.2) is 15.0 Å². The molecule has 0 amide bonds. The maximum absolute atomic E-state index is 10.6. The van der Waals surface area contributed by atoms with E-state index < -0.39 is 5.41 Å². The molecule has 13 rings (SSSR count). The first-order valence-corrected chi connectivity index (χ1v) is 21.7. The van der Waals surface area contributed by atoms with Crippen molar-refractivity contribution in [3.63, 3.8) is 0 Å². The Morgan fingerprint density at radius 3 is 1.63 bits per heavy atom. The van der Waals surface area contributed by atoms with Gasteiger partial charge in [0.2, 0.25) is 0 Å². The van der Waals surface area contributed by atoms with Crippen molar-refractivity contribution in [1.29, 1.82) is 5.26 Å². The molecular formula is C59H35N5O. The zero-order valence-corrected chi connectivity index (χ0v) is 34.9. The molecule has 1 aliphatic carbocycles. The van der Waals surface area contributed by atoms with E-state index in [4.69, 9.17) is 19.4 Å². The highest BCUT2D eigenvalue weighted by Crippen LogP contribution is 2.63. The molecule has 6 heteroatoms. The molecule has 3 heterocycles. The summed E-state index contributed by atoms with van der Waals surface area (Å²) in [4.78, 5) is 17.4. The van der Waals surface area contributed by atoms with E-state index >= 15 is 0 Å². The van der Waals surface area contributed by atoms with E-state index in [1.54, 1.807) is 0 Å². The normalized spacial score (nSPS) is 13.0. The number of fused-ring (bicyclic) bond motifs is 12. The van der Waals surface area contributed by atoms with Crippen LogP contribution in [0.1, 0.15) is 27.8 Å². The van der Waals surface area contributed by atoms with Crippen molar-refractivity contribution < 1.29 is 4.42 Å². The Labute approximate surface area is 375 Å². The minimum absolute atomic E-state index is 0.487. The summed E-state index contributed by atoms with van der Waals surface area (Å²) in [5.41, 5.74) is 16.5. The highest BCUT2D eigenvalue weighted by molar-refractivity contribution is 6.06. The maximum Gasteiger partial charge on any atom is 0.164 e. The number of rotatable bonds is 5. The molecule has 11 aromatic rings. The number of para-hydroxylation sites is 3. The molecule has 0 saturated carbocycles. The first-order chi connectivity index (χ1) is 32.2. The smallest absolute Gasteiger partial charge is 0.164 e. The predicted octanol–water partition coefficient (Wildman–Crippen LogP) is 14.5. The Bertz CT molecular complexity index is 3650. The third-order valence-corrected chi connectivity index (χ3v) is 13.1. The van der Waals surface area contributed by atoms with Gasteiger partial charge in [-0.05, 0) is 99.1 Å². The van der Waals surface area contributed by atoms with E-state index in [2.05, 4.69) is 138 Å². The lowest BCUT2D eigenvalue weighted by Crippen LogP contribution is -2.36. The number of nitriles is 1. The predicted molar refractivity (Wildman–Crippen MR) is 259 cm³/mol. The molecule has 2 aromatic heterocycles. The minimum Gasteiger partial charge on any atom is -0.456 e. The van der Waals surface area contributed by atoms with E-state index in [0.717, 1.165) is 77.9 Å². The molecule has 0 unspecified atom stereocenters. The largest absolute Gasteiger partial charge is 0.456 e. The van der Waals surface area contributed by atoms with Gasteiger partial charge in [-0.3, -0.25) is 0 Å². The molecule has 65 heavy (non-hydrogen) atoms. The van der Waals surface area contributed by atoms with Crippen LogP contribution in [0.25, 0.3) is 78.4 Å². The minimum atomic E-state index is -0.627. The standard InChI is InChI=1S/C59H35N5O/c60-36-37-31-42(58-62-56(38-15-3-1-4-16-38)61-57(63-58)39-17-5-2-6-18-39)33-43(32-37)64-52-24-12-10-22-50(52)59(51-23-11-13-25-53(51)64)48-21-9-7-19-44(48)46-34-40(27-29-49(46)59)41-28-30-55-47(35-41)45-20-8-14-26-54(45)65-55/h1-35H. The van der Waals surface area contributed by atoms with Gasteiger partial charge in [-0.2, -0.15) is 5.26 Å². The Hall–Kier alpha value is -8.92.